The zero-order valence-corrected chi connectivity index (χ0v) is 26.6. The molecule has 0 aromatic rings. The Hall–Kier alpha value is -0.930. The molecule has 260 valence electrons. The number of ether oxygens (including phenoxy) is 4. The number of rotatable bonds is 23. The summed E-state index contributed by atoms with van der Waals surface area (Å²) >= 11 is 0. The largest absolute Gasteiger partial charge is 0.456 e. The SMILES string of the molecule is CCCCCCCCCCCCCCCCCCCC(=O)O[C@@H]1[C@H](O)[C@H](O[C@H]2[C@H](O)[C@H](O)C(O)O[C@@H]2CO)O[C@H](CO)[C@H]1O. The molecule has 0 saturated carbocycles. The van der Waals surface area contributed by atoms with Gasteiger partial charge in [-0.2, -0.15) is 0 Å². The Kier molecular flexibility index (Phi) is 20.1. The van der Waals surface area contributed by atoms with Crippen LogP contribution in [0.2, 0.25) is 0 Å². The zero-order chi connectivity index (χ0) is 32.3. The van der Waals surface area contributed by atoms with Crippen LogP contribution in [0.5, 0.6) is 0 Å². The van der Waals surface area contributed by atoms with Gasteiger partial charge < -0.3 is 54.7 Å². The van der Waals surface area contributed by atoms with Gasteiger partial charge in [-0.3, -0.25) is 4.79 Å². The monoisotopic (exact) mass is 636 g/mol. The van der Waals surface area contributed by atoms with Crippen molar-refractivity contribution < 1.29 is 59.5 Å². The molecule has 7 N–H and O–H groups in total. The second-order valence-electron chi connectivity index (χ2n) is 12.4. The highest BCUT2D eigenvalue weighted by Gasteiger charge is 2.51. The van der Waals surface area contributed by atoms with Gasteiger partial charge in [0.15, 0.2) is 18.7 Å². The van der Waals surface area contributed by atoms with Crippen LogP contribution in [0, 0.1) is 0 Å². The summed E-state index contributed by atoms with van der Waals surface area (Å²) in [6.07, 6.45) is 5.23. The van der Waals surface area contributed by atoms with Gasteiger partial charge in [0.1, 0.15) is 42.7 Å². The first-order chi connectivity index (χ1) is 21.2. The molecule has 2 fully saturated rings. The van der Waals surface area contributed by atoms with Crippen molar-refractivity contribution in [2.75, 3.05) is 13.2 Å². The number of aliphatic hydroxyl groups is 7. The lowest BCUT2D eigenvalue weighted by molar-refractivity contribution is -0.355. The fraction of sp³-hybridized carbons (Fsp3) is 0.969. The summed E-state index contributed by atoms with van der Waals surface area (Å²) < 4.78 is 21.4. The van der Waals surface area contributed by atoms with Crippen molar-refractivity contribution in [3.63, 3.8) is 0 Å². The van der Waals surface area contributed by atoms with Gasteiger partial charge in [0.05, 0.1) is 13.2 Å². The normalized spacial score (nSPS) is 32.5. The average molecular weight is 637 g/mol. The van der Waals surface area contributed by atoms with Crippen LogP contribution in [0.4, 0.5) is 0 Å². The van der Waals surface area contributed by atoms with E-state index in [1.807, 2.05) is 0 Å². The average Bonchev–Trinajstić information content (AvgIpc) is 3.01. The van der Waals surface area contributed by atoms with E-state index in [-0.39, 0.29) is 6.42 Å². The molecule has 2 aliphatic heterocycles. The van der Waals surface area contributed by atoms with Gasteiger partial charge in [0.2, 0.25) is 0 Å². The maximum atomic E-state index is 12.5. The lowest BCUT2D eigenvalue weighted by Gasteiger charge is -2.45. The van der Waals surface area contributed by atoms with Crippen molar-refractivity contribution in [1.29, 1.82) is 0 Å². The lowest BCUT2D eigenvalue weighted by Crippen LogP contribution is -2.65. The predicted molar refractivity (Wildman–Crippen MR) is 161 cm³/mol. The maximum absolute atomic E-state index is 12.5. The molecule has 0 bridgehead atoms. The topological polar surface area (TPSA) is 196 Å². The molecule has 0 aromatic heterocycles. The number of unbranched alkanes of at least 4 members (excludes halogenated alkanes) is 16. The molecule has 0 radical (unpaired) electrons. The molecule has 2 aliphatic rings. The van der Waals surface area contributed by atoms with Gasteiger partial charge in [-0.15, -0.1) is 0 Å². The summed E-state index contributed by atoms with van der Waals surface area (Å²) in [5.74, 6) is -0.626. The Balaban J connectivity index is 1.62. The molecule has 10 atom stereocenters. The first-order valence-electron chi connectivity index (χ1n) is 17.0. The third-order valence-electron chi connectivity index (χ3n) is 8.70. The van der Waals surface area contributed by atoms with Crippen LogP contribution in [0.1, 0.15) is 122 Å². The first kappa shape index (κ1) is 39.2. The summed E-state index contributed by atoms with van der Waals surface area (Å²) in [5, 5.41) is 70.6. The third kappa shape index (κ3) is 13.4. The molecule has 2 rings (SSSR count). The van der Waals surface area contributed by atoms with E-state index in [1.54, 1.807) is 0 Å². The van der Waals surface area contributed by atoms with E-state index in [9.17, 15) is 40.5 Å². The van der Waals surface area contributed by atoms with Crippen LogP contribution in [-0.2, 0) is 23.7 Å². The van der Waals surface area contributed by atoms with Crippen LogP contribution in [0.3, 0.4) is 0 Å². The Morgan fingerprint density at radius 3 is 1.52 bits per heavy atom. The second kappa shape index (κ2) is 22.6. The summed E-state index contributed by atoms with van der Waals surface area (Å²) in [4.78, 5) is 12.5. The van der Waals surface area contributed by atoms with Crippen LogP contribution in [-0.4, -0.2) is 116 Å². The molecule has 12 nitrogen and oxygen atoms in total. The van der Waals surface area contributed by atoms with E-state index in [1.165, 1.54) is 83.5 Å². The zero-order valence-electron chi connectivity index (χ0n) is 26.6. The highest BCUT2D eigenvalue weighted by molar-refractivity contribution is 5.69. The minimum atomic E-state index is -1.77. The smallest absolute Gasteiger partial charge is 0.306 e. The summed E-state index contributed by atoms with van der Waals surface area (Å²) in [5.41, 5.74) is 0. The van der Waals surface area contributed by atoms with E-state index >= 15 is 0 Å². The van der Waals surface area contributed by atoms with Crippen molar-refractivity contribution in [2.45, 2.75) is 184 Å². The van der Waals surface area contributed by atoms with Crippen molar-refractivity contribution >= 4 is 5.97 Å². The van der Waals surface area contributed by atoms with Gasteiger partial charge in [-0.25, -0.2) is 0 Å². The maximum Gasteiger partial charge on any atom is 0.306 e. The van der Waals surface area contributed by atoms with E-state index < -0.39 is 80.6 Å². The first-order valence-corrected chi connectivity index (χ1v) is 17.0. The van der Waals surface area contributed by atoms with Gasteiger partial charge in [-0.05, 0) is 6.42 Å². The molecule has 0 amide bonds. The van der Waals surface area contributed by atoms with E-state index in [0.717, 1.165) is 19.3 Å². The Morgan fingerprint density at radius 2 is 1.05 bits per heavy atom. The second-order valence-corrected chi connectivity index (χ2v) is 12.4. The number of carbonyl (C=O) groups is 1. The van der Waals surface area contributed by atoms with Crippen molar-refractivity contribution in [1.82, 2.24) is 0 Å². The van der Waals surface area contributed by atoms with Crippen LogP contribution < -0.4 is 0 Å². The minimum absolute atomic E-state index is 0.0938. The number of aliphatic hydroxyl groups excluding tert-OH is 7. The highest BCUT2D eigenvalue weighted by Crippen LogP contribution is 2.30. The molecule has 0 spiro atoms. The van der Waals surface area contributed by atoms with Crippen LogP contribution >= 0.6 is 0 Å². The number of esters is 1. The van der Waals surface area contributed by atoms with Crippen LogP contribution in [0.25, 0.3) is 0 Å². The van der Waals surface area contributed by atoms with E-state index in [0.29, 0.717) is 6.42 Å². The Morgan fingerprint density at radius 1 is 0.568 bits per heavy atom. The predicted octanol–water partition coefficient (Wildman–Crippen LogP) is 2.20. The third-order valence-corrected chi connectivity index (χ3v) is 8.70. The number of hydrogen-bond donors (Lipinski definition) is 7. The number of hydrogen-bond acceptors (Lipinski definition) is 12. The highest BCUT2D eigenvalue weighted by atomic mass is 16.7. The fourth-order valence-corrected chi connectivity index (χ4v) is 5.90. The fourth-order valence-electron chi connectivity index (χ4n) is 5.90. The molecule has 0 aliphatic carbocycles. The number of carbonyl (C=O) groups excluding carboxylic acids is 1. The van der Waals surface area contributed by atoms with Crippen LogP contribution in [0.15, 0.2) is 0 Å². The molecule has 44 heavy (non-hydrogen) atoms. The summed E-state index contributed by atoms with van der Waals surface area (Å²) in [6, 6.07) is 0. The van der Waals surface area contributed by atoms with Crippen molar-refractivity contribution in [3.8, 4) is 0 Å². The van der Waals surface area contributed by atoms with Gasteiger partial charge >= 0.3 is 5.97 Å². The summed E-state index contributed by atoms with van der Waals surface area (Å²) in [6.45, 7) is 0.868. The van der Waals surface area contributed by atoms with E-state index in [2.05, 4.69) is 6.92 Å². The van der Waals surface area contributed by atoms with Gasteiger partial charge in [0, 0.05) is 6.42 Å². The standard InChI is InChI=1S/C32H60O12/c1-2-3-4-5-6-7-8-9-10-11-12-13-14-15-16-17-18-19-24(35)43-30-25(36)22(20-33)42-32(28(30)39)44-29-23(21-34)41-31(40)27(38)26(29)37/h22-23,25-34,36-40H,2-21H2,1H3/t22-,23-,25-,26-,27+,28+,29-,30+,31?,32+/m1/s1. The van der Waals surface area contributed by atoms with Crippen molar-refractivity contribution in [2.24, 2.45) is 0 Å². The van der Waals surface area contributed by atoms with Crippen molar-refractivity contribution in [3.05, 3.63) is 0 Å². The van der Waals surface area contributed by atoms with Gasteiger partial charge in [-0.1, -0.05) is 110 Å². The Labute approximate surface area is 262 Å². The Bertz CT molecular complexity index is 740. The quantitative estimate of drug-likeness (QED) is 0.0639. The molecule has 1 unspecified atom stereocenters. The summed E-state index contributed by atoms with van der Waals surface area (Å²) in [7, 11) is 0. The van der Waals surface area contributed by atoms with E-state index in [4.69, 9.17) is 18.9 Å². The molecular weight excluding hydrogens is 576 g/mol. The molecule has 2 heterocycles. The van der Waals surface area contributed by atoms with Gasteiger partial charge in [0.25, 0.3) is 0 Å². The minimum Gasteiger partial charge on any atom is -0.456 e. The molecular formula is C32H60O12. The molecule has 0 aromatic carbocycles. The molecule has 2 saturated heterocycles. The lowest BCUT2D eigenvalue weighted by atomic mass is 9.97. The molecule has 12 heteroatoms.